The van der Waals surface area contributed by atoms with Crippen LogP contribution >= 0.6 is 0 Å². The summed E-state index contributed by atoms with van der Waals surface area (Å²) in [4.78, 5) is 39.2. The SMILES string of the molecule is COC(=O)c1ccc(C)c(C2C(=O)N=C(C)NC2=O)c1. The second kappa shape index (κ2) is 5.24. The van der Waals surface area contributed by atoms with Crippen molar-refractivity contribution in [2.75, 3.05) is 7.11 Å². The van der Waals surface area contributed by atoms with Gasteiger partial charge in [-0.2, -0.15) is 4.99 Å². The lowest BCUT2D eigenvalue weighted by Crippen LogP contribution is -2.41. The summed E-state index contributed by atoms with van der Waals surface area (Å²) >= 11 is 0. The Bertz CT molecular complexity index is 634. The van der Waals surface area contributed by atoms with Crippen LogP contribution in [0, 0.1) is 6.92 Å². The van der Waals surface area contributed by atoms with Crippen molar-refractivity contribution < 1.29 is 19.1 Å². The van der Waals surface area contributed by atoms with Gasteiger partial charge in [0.2, 0.25) is 5.91 Å². The fraction of sp³-hybridized carbons (Fsp3) is 0.286. The summed E-state index contributed by atoms with van der Waals surface area (Å²) in [5.74, 6) is -2.24. The largest absolute Gasteiger partial charge is 0.465 e. The maximum Gasteiger partial charge on any atom is 0.337 e. The zero-order valence-electron chi connectivity index (χ0n) is 11.4. The van der Waals surface area contributed by atoms with Crippen molar-refractivity contribution in [1.82, 2.24) is 5.32 Å². The number of nitrogens with one attached hydrogen (secondary N) is 1. The van der Waals surface area contributed by atoms with Crippen LogP contribution in [0.15, 0.2) is 23.2 Å². The number of esters is 1. The van der Waals surface area contributed by atoms with Gasteiger partial charge in [-0.25, -0.2) is 4.79 Å². The van der Waals surface area contributed by atoms with Crippen LogP contribution in [0.2, 0.25) is 0 Å². The summed E-state index contributed by atoms with van der Waals surface area (Å²) in [5.41, 5.74) is 1.49. The van der Waals surface area contributed by atoms with Crippen molar-refractivity contribution in [3.8, 4) is 0 Å². The average molecular weight is 274 g/mol. The Balaban J connectivity index is 2.49. The molecule has 0 fully saturated rings. The molecule has 1 aromatic rings. The minimum Gasteiger partial charge on any atom is -0.465 e. The molecular formula is C14H14N2O4. The number of nitrogens with zero attached hydrogens (tertiary/aromatic N) is 1. The first kappa shape index (κ1) is 13.9. The summed E-state index contributed by atoms with van der Waals surface area (Å²) < 4.78 is 4.64. The van der Waals surface area contributed by atoms with Crippen LogP contribution in [0.4, 0.5) is 0 Å². The Labute approximate surface area is 115 Å². The Hall–Kier alpha value is -2.50. The predicted molar refractivity (Wildman–Crippen MR) is 71.5 cm³/mol. The summed E-state index contributed by atoms with van der Waals surface area (Å²) in [6.45, 7) is 3.31. The van der Waals surface area contributed by atoms with E-state index in [0.717, 1.165) is 5.56 Å². The molecule has 0 aliphatic carbocycles. The van der Waals surface area contributed by atoms with E-state index in [1.807, 2.05) is 0 Å². The van der Waals surface area contributed by atoms with Crippen molar-refractivity contribution in [1.29, 1.82) is 0 Å². The third-order valence-corrected chi connectivity index (χ3v) is 3.10. The third kappa shape index (κ3) is 2.45. The highest BCUT2D eigenvalue weighted by Crippen LogP contribution is 2.25. The van der Waals surface area contributed by atoms with Gasteiger partial charge in [-0.3, -0.25) is 9.59 Å². The second-order valence-electron chi connectivity index (χ2n) is 4.52. The van der Waals surface area contributed by atoms with Gasteiger partial charge in [-0.05, 0) is 37.1 Å². The Morgan fingerprint density at radius 2 is 2.00 bits per heavy atom. The van der Waals surface area contributed by atoms with Crippen molar-refractivity contribution in [2.45, 2.75) is 19.8 Å². The highest BCUT2D eigenvalue weighted by molar-refractivity contribution is 6.18. The second-order valence-corrected chi connectivity index (χ2v) is 4.52. The van der Waals surface area contributed by atoms with Gasteiger partial charge in [-0.1, -0.05) is 6.07 Å². The lowest BCUT2D eigenvalue weighted by Gasteiger charge is -2.20. The lowest BCUT2D eigenvalue weighted by molar-refractivity contribution is -0.129. The minimum absolute atomic E-state index is 0.276. The average Bonchev–Trinajstić information content (AvgIpc) is 2.38. The molecule has 1 atom stereocenters. The Morgan fingerprint density at radius 1 is 1.30 bits per heavy atom. The molecule has 0 radical (unpaired) electrons. The van der Waals surface area contributed by atoms with E-state index in [2.05, 4.69) is 15.0 Å². The summed E-state index contributed by atoms with van der Waals surface area (Å²) in [6.07, 6.45) is 0. The smallest absolute Gasteiger partial charge is 0.337 e. The number of methoxy groups -OCH3 is 1. The molecular weight excluding hydrogens is 260 g/mol. The number of carbonyl (C=O) groups is 3. The van der Waals surface area contributed by atoms with Gasteiger partial charge in [0.1, 0.15) is 11.8 Å². The van der Waals surface area contributed by atoms with Crippen LogP contribution in [0.5, 0.6) is 0 Å². The van der Waals surface area contributed by atoms with E-state index in [0.29, 0.717) is 11.1 Å². The van der Waals surface area contributed by atoms with E-state index < -0.39 is 23.7 Å². The zero-order chi connectivity index (χ0) is 14.9. The highest BCUT2D eigenvalue weighted by Gasteiger charge is 2.33. The molecule has 104 valence electrons. The van der Waals surface area contributed by atoms with Crippen molar-refractivity contribution >= 4 is 23.6 Å². The fourth-order valence-corrected chi connectivity index (χ4v) is 2.09. The van der Waals surface area contributed by atoms with E-state index in [9.17, 15) is 14.4 Å². The number of carbonyl (C=O) groups excluding carboxylic acids is 3. The van der Waals surface area contributed by atoms with E-state index in [1.165, 1.54) is 13.2 Å². The zero-order valence-corrected chi connectivity index (χ0v) is 11.4. The van der Waals surface area contributed by atoms with Crippen LogP contribution in [0.1, 0.15) is 34.3 Å². The molecule has 1 heterocycles. The molecule has 2 amide bonds. The first-order chi connectivity index (χ1) is 9.43. The molecule has 2 rings (SSSR count). The van der Waals surface area contributed by atoms with Crippen LogP contribution in [0.3, 0.4) is 0 Å². The molecule has 0 spiro atoms. The molecule has 0 bridgehead atoms. The number of aliphatic imine (C=N–C) groups is 1. The summed E-state index contributed by atoms with van der Waals surface area (Å²) in [7, 11) is 1.27. The summed E-state index contributed by atoms with van der Waals surface area (Å²) in [5, 5.41) is 2.52. The number of rotatable bonds is 2. The van der Waals surface area contributed by atoms with Gasteiger partial charge in [-0.15, -0.1) is 0 Å². The number of hydrogen-bond acceptors (Lipinski definition) is 4. The van der Waals surface area contributed by atoms with Gasteiger partial charge >= 0.3 is 5.97 Å². The highest BCUT2D eigenvalue weighted by atomic mass is 16.5. The first-order valence-corrected chi connectivity index (χ1v) is 6.03. The standard InChI is InChI=1S/C14H14N2O4/c1-7-4-5-9(14(19)20-3)6-10(7)11-12(17)15-8(2)16-13(11)18/h4-6,11H,1-3H3,(H,15,16,17,18). The molecule has 1 aromatic carbocycles. The van der Waals surface area contributed by atoms with Crippen LogP contribution in [-0.2, 0) is 14.3 Å². The van der Waals surface area contributed by atoms with Crippen LogP contribution in [0.25, 0.3) is 0 Å². The van der Waals surface area contributed by atoms with E-state index in [-0.39, 0.29) is 5.84 Å². The van der Waals surface area contributed by atoms with Crippen molar-refractivity contribution in [2.24, 2.45) is 4.99 Å². The molecule has 1 N–H and O–H groups in total. The molecule has 20 heavy (non-hydrogen) atoms. The van der Waals surface area contributed by atoms with Crippen molar-refractivity contribution in [3.05, 3.63) is 34.9 Å². The minimum atomic E-state index is -1.02. The monoisotopic (exact) mass is 274 g/mol. The van der Waals surface area contributed by atoms with Crippen LogP contribution in [-0.4, -0.2) is 30.7 Å². The maximum atomic E-state index is 12.0. The van der Waals surface area contributed by atoms with Crippen LogP contribution < -0.4 is 5.32 Å². The lowest BCUT2D eigenvalue weighted by atomic mass is 9.91. The molecule has 6 nitrogen and oxygen atoms in total. The number of amidine groups is 1. The fourth-order valence-electron chi connectivity index (χ4n) is 2.09. The molecule has 6 heteroatoms. The molecule has 1 aliphatic rings. The third-order valence-electron chi connectivity index (χ3n) is 3.10. The van der Waals surface area contributed by atoms with E-state index >= 15 is 0 Å². The van der Waals surface area contributed by atoms with Gasteiger partial charge in [0.05, 0.1) is 12.7 Å². The Kier molecular flexibility index (Phi) is 3.65. The maximum absolute atomic E-state index is 12.0. The Morgan fingerprint density at radius 3 is 2.60 bits per heavy atom. The number of hydrogen-bond donors (Lipinski definition) is 1. The first-order valence-electron chi connectivity index (χ1n) is 6.03. The van der Waals surface area contributed by atoms with Gasteiger partial charge < -0.3 is 10.1 Å². The quantitative estimate of drug-likeness (QED) is 0.642. The molecule has 0 saturated carbocycles. The van der Waals surface area contributed by atoms with Gasteiger partial charge in [0, 0.05) is 0 Å². The molecule has 0 aromatic heterocycles. The van der Waals surface area contributed by atoms with Crippen molar-refractivity contribution in [3.63, 3.8) is 0 Å². The van der Waals surface area contributed by atoms with E-state index in [1.54, 1.807) is 26.0 Å². The molecule has 0 saturated heterocycles. The number of aryl methyl sites for hydroxylation is 1. The molecule has 1 aliphatic heterocycles. The number of amides is 2. The van der Waals surface area contributed by atoms with Gasteiger partial charge in [0.25, 0.3) is 5.91 Å². The number of ether oxygens (including phenoxy) is 1. The number of benzene rings is 1. The van der Waals surface area contributed by atoms with E-state index in [4.69, 9.17) is 0 Å². The summed E-state index contributed by atoms with van der Waals surface area (Å²) in [6, 6.07) is 4.76. The van der Waals surface area contributed by atoms with Gasteiger partial charge in [0.15, 0.2) is 0 Å². The normalized spacial score (nSPS) is 18.4. The predicted octanol–water partition coefficient (Wildman–Crippen LogP) is 0.940. The molecule has 1 unspecified atom stereocenters. The topological polar surface area (TPSA) is 84.8 Å².